The quantitative estimate of drug-likeness (QED) is 0.0431. The number of aromatic nitrogens is 6. The maximum absolute atomic E-state index is 14.0. The van der Waals surface area contributed by atoms with Gasteiger partial charge in [0.1, 0.15) is 59.4 Å². The van der Waals surface area contributed by atoms with Crippen LogP contribution in [0.3, 0.4) is 0 Å². The first-order chi connectivity index (χ1) is 47.8. The molecule has 0 amide bonds. The van der Waals surface area contributed by atoms with Gasteiger partial charge in [-0.25, -0.2) is 28.1 Å². The number of ether oxygens (including phenoxy) is 3. The lowest BCUT2D eigenvalue weighted by Gasteiger charge is -2.10. The van der Waals surface area contributed by atoms with Crippen LogP contribution >= 0.6 is 15.9 Å². The maximum atomic E-state index is 14.0. The van der Waals surface area contributed by atoms with Crippen molar-refractivity contribution in [2.75, 3.05) is 76.0 Å². The second-order valence-electron chi connectivity index (χ2n) is 23.2. The van der Waals surface area contributed by atoms with Crippen LogP contribution < -0.4 is 22.9 Å². The van der Waals surface area contributed by atoms with Gasteiger partial charge in [-0.1, -0.05) is 40.2 Å². The number of fused-ring (bicyclic) bond motifs is 4. The number of methoxy groups -OCH3 is 3. The van der Waals surface area contributed by atoms with E-state index in [2.05, 4.69) is 105 Å². The Balaban J connectivity index is 0.000000229. The smallest absolute Gasteiger partial charge is 0.397 e. The number of aryl methyl sites for hydroxylation is 8. The Kier molecular flexibility index (Phi) is 29.1. The average molecular weight is 1420 g/mol. The SMILES string of the molecule is CCO.COCCBr.COCCn1c(-c2ccc(C#N)c(F)c2)nc2cc(C)c(C)cc21.COCCn1c(-c2ccc3c(N)nc(N)nc3c2)nc2cc(C)c(C)cc21.Cc1cc(N)c(N)cc1C.Cc1cc2c(cc1C)N=C(c1ccc(C#N)c(F)c1)C2.N#Cc1ccc(C=O)cc1F.[H+]. The fourth-order valence-corrected chi connectivity index (χ4v) is 10.5. The van der Waals surface area contributed by atoms with Crippen LogP contribution in [0.15, 0.2) is 126 Å². The van der Waals surface area contributed by atoms with Crippen molar-refractivity contribution >= 4 is 89.7 Å². The second-order valence-corrected chi connectivity index (χ2v) is 23.9. The Labute approximate surface area is 590 Å². The van der Waals surface area contributed by atoms with E-state index in [4.69, 9.17) is 63.3 Å². The zero-order valence-electron chi connectivity index (χ0n) is 59.2. The van der Waals surface area contributed by atoms with Gasteiger partial charge in [-0.05, 0) is 215 Å². The predicted molar refractivity (Wildman–Crippen MR) is 397 cm³/mol. The molecule has 9 N–H and O–H groups in total. The number of carbonyl (C=O) groups excluding carboxylic acids is 1. The standard InChI is InChI=1S/C20H22N6O.C19H18FN3O.C17H13FN2.C8H4FNO.C8H12N2.C3H7BrO.C2H6O/c1-11-8-16-17(9-12(11)2)26(6-7-27-3)19(23-16)13-4-5-14-15(10-13)24-20(22)25-18(14)21;1-12-8-17-18(9-13(12)2)23(6-7-24-3)19(22-17)14-4-5-15(11-21)16(20)10-14;1-10-5-14-8-17(20-16(14)6-11(10)2)12-3-4-13(9-19)15(18)7-12;9-8-3-6(5-11)1-2-7(8)4-10;1-5-3-7(9)8(10)4-6(5)2;1-5-3-2-4;1-2-3/h4-5,8-10H,6-7H2,1-3H3,(H4,21,22,24,25);4-5,8-10H,6-7H2,1-3H3;3-7H,8H2,1-2H3;1-3,5H;3-4H,9-10H2,1-2H3;2-3H2,1H3;3H,2H2,1H3/p+1. The van der Waals surface area contributed by atoms with Crippen molar-refractivity contribution in [2.24, 2.45) is 4.99 Å². The van der Waals surface area contributed by atoms with E-state index in [0.717, 1.165) is 79.4 Å². The highest BCUT2D eigenvalue weighted by Crippen LogP contribution is 2.34. The highest BCUT2D eigenvalue weighted by molar-refractivity contribution is 9.09. The van der Waals surface area contributed by atoms with Crippen molar-refractivity contribution in [1.82, 2.24) is 29.1 Å². The number of carbonyl (C=O) groups is 1. The van der Waals surface area contributed by atoms with Crippen LogP contribution in [0.2, 0.25) is 0 Å². The summed E-state index contributed by atoms with van der Waals surface area (Å²) in [5.74, 6) is 0.403. The second kappa shape index (κ2) is 37.2. The van der Waals surface area contributed by atoms with Crippen molar-refractivity contribution in [1.29, 1.82) is 15.8 Å². The topological polar surface area (TPSA) is 314 Å². The first kappa shape index (κ1) is 78.2. The molecule has 0 saturated carbocycles. The number of hydrogen-bond acceptors (Lipinski definition) is 17. The normalized spacial score (nSPS) is 10.8. The molecule has 11 aromatic rings. The van der Waals surface area contributed by atoms with Gasteiger partial charge < -0.3 is 51.4 Å². The van der Waals surface area contributed by atoms with Crippen molar-refractivity contribution in [3.8, 4) is 41.0 Å². The molecule has 518 valence electrons. The van der Waals surface area contributed by atoms with E-state index in [1.807, 2.05) is 73.9 Å². The number of aliphatic hydroxyl groups excluding tert-OH is 1. The monoisotopic (exact) mass is 1420 g/mol. The van der Waals surface area contributed by atoms with Gasteiger partial charge in [0.2, 0.25) is 5.95 Å². The van der Waals surface area contributed by atoms with Crippen LogP contribution in [0, 0.1) is 107 Å². The first-order valence-electron chi connectivity index (χ1n) is 31.6. The Morgan fingerprint density at radius 1 is 0.540 bits per heavy atom. The van der Waals surface area contributed by atoms with E-state index in [1.165, 1.54) is 80.9 Å². The number of nitrogen functional groups attached to an aromatic ring is 4. The third-order valence-corrected chi connectivity index (χ3v) is 16.4. The number of nitriles is 3. The van der Waals surface area contributed by atoms with Gasteiger partial charge in [0.15, 0.2) is 0 Å². The molecule has 100 heavy (non-hydrogen) atoms. The molecule has 0 fully saturated rings. The van der Waals surface area contributed by atoms with E-state index in [0.29, 0.717) is 73.1 Å². The number of alkyl halides is 1. The molecule has 8 aromatic carbocycles. The number of nitrogens with zero attached hydrogens (tertiary/aromatic N) is 10. The lowest BCUT2D eigenvalue weighted by Crippen LogP contribution is -2.06. The first-order valence-corrected chi connectivity index (χ1v) is 32.7. The Hall–Kier alpha value is -10.8. The Bertz CT molecular complexity index is 4850. The van der Waals surface area contributed by atoms with E-state index in [1.54, 1.807) is 46.5 Å². The molecule has 3 aromatic heterocycles. The molecule has 19 nitrogen and oxygen atoms in total. The molecule has 1 aliphatic rings. The molecule has 0 bridgehead atoms. The summed E-state index contributed by atoms with van der Waals surface area (Å²) < 4.78 is 59.7. The van der Waals surface area contributed by atoms with Crippen LogP contribution in [0.5, 0.6) is 0 Å². The molecule has 0 spiro atoms. The molecule has 1 aliphatic heterocycles. The highest BCUT2D eigenvalue weighted by atomic mass is 79.9. The van der Waals surface area contributed by atoms with E-state index < -0.39 is 17.5 Å². The van der Waals surface area contributed by atoms with Crippen molar-refractivity contribution in [3.63, 3.8) is 0 Å². The lowest BCUT2D eigenvalue weighted by atomic mass is 10.00. The number of imidazole rings is 2. The van der Waals surface area contributed by atoms with Crippen LogP contribution in [0.1, 0.15) is 91.0 Å². The van der Waals surface area contributed by atoms with Crippen molar-refractivity contribution in [2.45, 2.75) is 81.8 Å². The fraction of sp³-hybridized carbons (Fsp3) is 0.260. The highest BCUT2D eigenvalue weighted by Gasteiger charge is 2.20. The van der Waals surface area contributed by atoms with Gasteiger partial charge in [0, 0.05) is 74.9 Å². The molecular formula is C77H83BrF3N14O5+. The molecule has 12 rings (SSSR count). The third kappa shape index (κ3) is 20.2. The van der Waals surface area contributed by atoms with Gasteiger partial charge in [-0.2, -0.15) is 20.8 Å². The number of aldehydes is 1. The fourth-order valence-electron chi connectivity index (χ4n) is 10.1. The van der Waals surface area contributed by atoms with Crippen LogP contribution in [-0.4, -0.2) is 99.3 Å². The molecule has 0 atom stereocenters. The molecular weight excluding hydrogens is 1340 g/mol. The zero-order chi connectivity index (χ0) is 73.5. The molecule has 0 aliphatic carbocycles. The molecule has 4 heterocycles. The lowest BCUT2D eigenvalue weighted by molar-refractivity contribution is 0.112. The van der Waals surface area contributed by atoms with Gasteiger partial charge in [-0.3, -0.25) is 9.79 Å². The summed E-state index contributed by atoms with van der Waals surface area (Å²) in [6, 6.07) is 40.5. The summed E-state index contributed by atoms with van der Waals surface area (Å²) in [4.78, 5) is 32.6. The van der Waals surface area contributed by atoms with Crippen LogP contribution in [0.25, 0.3) is 55.7 Å². The predicted octanol–water partition coefficient (Wildman–Crippen LogP) is 15.2. The van der Waals surface area contributed by atoms with Crippen molar-refractivity contribution in [3.05, 3.63) is 217 Å². The minimum atomic E-state index is -0.655. The largest absolute Gasteiger partial charge is 1.00 e. The Morgan fingerprint density at radius 3 is 1.41 bits per heavy atom. The Morgan fingerprint density at radius 2 is 0.960 bits per heavy atom. The van der Waals surface area contributed by atoms with Crippen molar-refractivity contribution < 1.29 is 38.7 Å². The van der Waals surface area contributed by atoms with Gasteiger partial charge in [0.25, 0.3) is 0 Å². The third-order valence-electron chi connectivity index (χ3n) is 16.1. The maximum Gasteiger partial charge on any atom is 1.00 e. The minimum Gasteiger partial charge on any atom is -0.397 e. The number of halogens is 4. The van der Waals surface area contributed by atoms with E-state index in [-0.39, 0.29) is 36.2 Å². The summed E-state index contributed by atoms with van der Waals surface area (Å²) in [6.45, 7) is 21.7. The van der Waals surface area contributed by atoms with Gasteiger partial charge in [0.05, 0.1) is 86.9 Å². The zero-order valence-corrected chi connectivity index (χ0v) is 59.7. The van der Waals surface area contributed by atoms with E-state index in [9.17, 15) is 18.0 Å². The average Bonchev–Trinajstić information content (AvgIpc) is 1.64. The summed E-state index contributed by atoms with van der Waals surface area (Å²) in [5.41, 5.74) is 44.1. The number of anilines is 4. The molecule has 23 heteroatoms. The van der Waals surface area contributed by atoms with Crippen LogP contribution in [-0.2, 0) is 33.7 Å². The van der Waals surface area contributed by atoms with E-state index >= 15 is 0 Å². The molecule has 0 saturated heterocycles. The number of benzene rings is 8. The van der Waals surface area contributed by atoms with Crippen LogP contribution in [0.4, 0.5) is 42.0 Å². The summed E-state index contributed by atoms with van der Waals surface area (Å²) >= 11 is 3.18. The number of hydrogen-bond donors (Lipinski definition) is 5. The van der Waals surface area contributed by atoms with Gasteiger partial charge >= 0.3 is 1.43 Å². The minimum absolute atomic E-state index is 0. The number of rotatable bonds is 12. The number of aliphatic imine (C=N–C) groups is 1. The number of nitrogens with two attached hydrogens (primary N) is 4. The van der Waals surface area contributed by atoms with Gasteiger partial charge in [-0.15, -0.1) is 0 Å². The summed E-state index contributed by atoms with van der Waals surface area (Å²) in [6.07, 6.45) is 1.24. The summed E-state index contributed by atoms with van der Waals surface area (Å²) in [5, 5.41) is 35.2. The number of aliphatic hydroxyl groups is 1. The summed E-state index contributed by atoms with van der Waals surface area (Å²) in [7, 11) is 5.03. The molecule has 0 unspecified atom stereocenters. The molecule has 0 radical (unpaired) electrons.